The Kier molecular flexibility index (Phi) is 4.42. The monoisotopic (exact) mass is 330 g/mol. The van der Waals surface area contributed by atoms with Crippen molar-refractivity contribution in [2.45, 2.75) is 52.8 Å². The van der Waals surface area contributed by atoms with Crippen molar-refractivity contribution < 1.29 is 14.0 Å². The summed E-state index contributed by atoms with van der Waals surface area (Å²) in [5.74, 6) is 0.394. The molecule has 0 spiro atoms. The van der Waals surface area contributed by atoms with E-state index < -0.39 is 8.32 Å². The number of fused-ring (bicyclic) bond motifs is 1. The third-order valence-corrected chi connectivity index (χ3v) is 10.1. The standard InChI is InChI=1S/C19H26O3Si/c1-12(2)19(4,5)23(6,7)22-18-13(3)16(20)14-10-8-9-11-15(14)17(18)21/h8-12H,1-7H3. The van der Waals surface area contributed by atoms with Crippen LogP contribution in [0.2, 0.25) is 18.1 Å². The zero-order valence-corrected chi connectivity index (χ0v) is 16.1. The van der Waals surface area contributed by atoms with E-state index in [4.69, 9.17) is 4.43 Å². The summed E-state index contributed by atoms with van der Waals surface area (Å²) < 4.78 is 6.30. The molecule has 4 heteroatoms. The lowest BCUT2D eigenvalue weighted by Crippen LogP contribution is -2.46. The Morgan fingerprint density at radius 2 is 1.48 bits per heavy atom. The number of hydrogen-bond donors (Lipinski definition) is 0. The minimum absolute atomic E-state index is 0.0272. The van der Waals surface area contributed by atoms with Crippen molar-refractivity contribution in [1.29, 1.82) is 0 Å². The van der Waals surface area contributed by atoms with Crippen LogP contribution in [0.5, 0.6) is 0 Å². The van der Waals surface area contributed by atoms with Gasteiger partial charge < -0.3 is 4.43 Å². The van der Waals surface area contributed by atoms with Crippen molar-refractivity contribution in [3.8, 4) is 0 Å². The van der Waals surface area contributed by atoms with Gasteiger partial charge in [0, 0.05) is 16.7 Å². The van der Waals surface area contributed by atoms with Crippen LogP contribution in [0, 0.1) is 5.92 Å². The number of Topliss-reactive ketones (excluding diaryl/α,β-unsaturated/α-hetero) is 2. The highest BCUT2D eigenvalue weighted by atomic mass is 28.4. The number of carbonyl (C=O) groups is 2. The number of hydrogen-bond acceptors (Lipinski definition) is 3. The summed E-state index contributed by atoms with van der Waals surface area (Å²) in [6.07, 6.45) is 0. The van der Waals surface area contributed by atoms with E-state index in [1.165, 1.54) is 0 Å². The van der Waals surface area contributed by atoms with Gasteiger partial charge in [-0.15, -0.1) is 0 Å². The normalized spacial score (nSPS) is 16.0. The van der Waals surface area contributed by atoms with Crippen LogP contribution in [-0.4, -0.2) is 19.9 Å². The van der Waals surface area contributed by atoms with Crippen LogP contribution in [0.15, 0.2) is 35.6 Å². The van der Waals surface area contributed by atoms with Crippen molar-refractivity contribution in [2.75, 3.05) is 0 Å². The smallest absolute Gasteiger partial charge is 0.251 e. The fourth-order valence-corrected chi connectivity index (χ4v) is 5.09. The van der Waals surface area contributed by atoms with Gasteiger partial charge in [-0.3, -0.25) is 9.59 Å². The summed E-state index contributed by atoms with van der Waals surface area (Å²) in [6.45, 7) is 14.6. The largest absolute Gasteiger partial charge is 0.541 e. The van der Waals surface area contributed by atoms with E-state index in [9.17, 15) is 9.59 Å². The molecule has 124 valence electrons. The number of rotatable bonds is 4. The van der Waals surface area contributed by atoms with Crippen LogP contribution in [-0.2, 0) is 4.43 Å². The summed E-state index contributed by atoms with van der Waals surface area (Å²) in [4.78, 5) is 25.4. The van der Waals surface area contributed by atoms with Gasteiger partial charge in [-0.05, 0) is 31.0 Å². The summed E-state index contributed by atoms with van der Waals surface area (Å²) >= 11 is 0. The fraction of sp³-hybridized carbons (Fsp3) is 0.474. The molecule has 0 amide bonds. The molecule has 1 aromatic carbocycles. The minimum atomic E-state index is -2.25. The number of carbonyl (C=O) groups excluding carboxylic acids is 2. The van der Waals surface area contributed by atoms with Crippen LogP contribution in [0.25, 0.3) is 0 Å². The maximum absolute atomic E-state index is 12.8. The Morgan fingerprint density at radius 1 is 1.00 bits per heavy atom. The van der Waals surface area contributed by atoms with Gasteiger partial charge in [-0.2, -0.15) is 0 Å². The molecule has 1 aromatic rings. The van der Waals surface area contributed by atoms with E-state index in [1.54, 1.807) is 31.2 Å². The molecule has 0 saturated heterocycles. The van der Waals surface area contributed by atoms with Crippen molar-refractivity contribution in [3.05, 3.63) is 46.7 Å². The van der Waals surface area contributed by atoms with E-state index in [0.717, 1.165) is 0 Å². The highest BCUT2D eigenvalue weighted by molar-refractivity contribution is 6.74. The third-order valence-electron chi connectivity index (χ3n) is 5.66. The van der Waals surface area contributed by atoms with Crippen LogP contribution < -0.4 is 0 Å². The molecule has 1 aliphatic rings. The summed E-state index contributed by atoms with van der Waals surface area (Å²) in [6, 6.07) is 6.97. The maximum atomic E-state index is 12.8. The molecule has 0 saturated carbocycles. The molecule has 0 unspecified atom stereocenters. The van der Waals surface area contributed by atoms with E-state index >= 15 is 0 Å². The second-order valence-corrected chi connectivity index (χ2v) is 12.2. The highest BCUT2D eigenvalue weighted by Gasteiger charge is 2.47. The van der Waals surface area contributed by atoms with Crippen molar-refractivity contribution in [2.24, 2.45) is 5.92 Å². The molecule has 2 rings (SSSR count). The Balaban J connectivity index is 2.47. The molecule has 23 heavy (non-hydrogen) atoms. The van der Waals surface area contributed by atoms with Gasteiger partial charge in [-0.1, -0.05) is 52.0 Å². The SMILES string of the molecule is CC1=C(O[Si](C)(C)C(C)(C)C(C)C)C(=O)c2ccccc2C1=O. The molecular weight excluding hydrogens is 304 g/mol. The summed E-state index contributed by atoms with van der Waals surface area (Å²) in [5, 5.41) is -0.0272. The zero-order chi connectivity index (χ0) is 17.6. The van der Waals surface area contributed by atoms with E-state index in [2.05, 4.69) is 40.8 Å². The molecule has 0 heterocycles. The number of allylic oxidation sites excluding steroid dienone is 2. The number of benzene rings is 1. The van der Waals surface area contributed by atoms with Gasteiger partial charge in [0.1, 0.15) is 0 Å². The molecule has 0 N–H and O–H groups in total. The van der Waals surface area contributed by atoms with E-state index in [1.807, 2.05) is 0 Å². The first-order valence-electron chi connectivity index (χ1n) is 8.09. The highest BCUT2D eigenvalue weighted by Crippen LogP contribution is 2.46. The first kappa shape index (κ1) is 17.7. The molecule has 0 aliphatic heterocycles. The lowest BCUT2D eigenvalue weighted by Gasteiger charge is -2.43. The quantitative estimate of drug-likeness (QED) is 0.730. The van der Waals surface area contributed by atoms with Gasteiger partial charge >= 0.3 is 0 Å². The molecule has 0 atom stereocenters. The first-order chi connectivity index (χ1) is 10.5. The van der Waals surface area contributed by atoms with Crippen LogP contribution in [0.4, 0.5) is 0 Å². The van der Waals surface area contributed by atoms with Gasteiger partial charge in [0.15, 0.2) is 11.5 Å². The Hall–Kier alpha value is -1.68. The van der Waals surface area contributed by atoms with Crippen LogP contribution >= 0.6 is 0 Å². The first-order valence-corrected chi connectivity index (χ1v) is 11.0. The zero-order valence-electron chi connectivity index (χ0n) is 15.1. The fourth-order valence-electron chi connectivity index (χ4n) is 2.68. The Bertz CT molecular complexity index is 696. The number of ketones is 2. The molecule has 0 fully saturated rings. The second-order valence-electron chi connectivity index (χ2n) is 7.65. The van der Waals surface area contributed by atoms with Crippen LogP contribution in [0.1, 0.15) is 55.3 Å². The molecular formula is C19H26O3Si. The van der Waals surface area contributed by atoms with Crippen molar-refractivity contribution >= 4 is 19.9 Å². The predicted molar refractivity (Wildman–Crippen MR) is 95.2 cm³/mol. The molecule has 3 nitrogen and oxygen atoms in total. The molecule has 0 aromatic heterocycles. The van der Waals surface area contributed by atoms with Gasteiger partial charge in [-0.25, -0.2) is 0 Å². The van der Waals surface area contributed by atoms with Crippen molar-refractivity contribution in [3.63, 3.8) is 0 Å². The maximum Gasteiger partial charge on any atom is 0.251 e. The summed E-state index contributed by atoms with van der Waals surface area (Å²) in [7, 11) is -2.25. The lowest BCUT2D eigenvalue weighted by atomic mass is 9.89. The van der Waals surface area contributed by atoms with E-state index in [0.29, 0.717) is 22.6 Å². The second kappa shape index (κ2) is 5.75. The van der Waals surface area contributed by atoms with Gasteiger partial charge in [0.2, 0.25) is 5.78 Å². The average molecular weight is 331 g/mol. The Morgan fingerprint density at radius 3 is 1.96 bits per heavy atom. The summed E-state index contributed by atoms with van der Waals surface area (Å²) in [5.41, 5.74) is 1.35. The molecule has 1 aliphatic carbocycles. The lowest BCUT2D eigenvalue weighted by molar-refractivity contribution is 0.0931. The van der Waals surface area contributed by atoms with E-state index in [-0.39, 0.29) is 22.4 Å². The Labute approximate surface area is 139 Å². The van der Waals surface area contributed by atoms with Gasteiger partial charge in [0.05, 0.1) is 0 Å². The topological polar surface area (TPSA) is 43.4 Å². The average Bonchev–Trinajstić information content (AvgIpc) is 2.49. The molecule has 0 radical (unpaired) electrons. The minimum Gasteiger partial charge on any atom is -0.541 e. The molecule has 0 bridgehead atoms. The predicted octanol–water partition coefficient (Wildman–Crippen LogP) is 5.00. The van der Waals surface area contributed by atoms with Crippen LogP contribution in [0.3, 0.4) is 0 Å². The van der Waals surface area contributed by atoms with Crippen molar-refractivity contribution in [1.82, 2.24) is 0 Å². The van der Waals surface area contributed by atoms with Gasteiger partial charge in [0.25, 0.3) is 8.32 Å². The third kappa shape index (κ3) is 2.80.